The second kappa shape index (κ2) is 5.49. The molecule has 0 radical (unpaired) electrons. The standard InChI is InChI=1S/C22H32O5/c1-12(23)25-18-13-10-16(24)26-19(27-18)17(13)22-9-6-14-20(2,3)7-5-8-21(14,4)15(22)11-22/h13-15,17-19H,5-11H2,1-4H3. The molecule has 8 unspecified atom stereocenters. The zero-order valence-corrected chi connectivity index (χ0v) is 17.0. The van der Waals surface area contributed by atoms with Gasteiger partial charge in [0, 0.05) is 18.8 Å². The number of hydrogen-bond acceptors (Lipinski definition) is 5. The van der Waals surface area contributed by atoms with E-state index in [1.807, 2.05) is 0 Å². The summed E-state index contributed by atoms with van der Waals surface area (Å²) in [5, 5.41) is 0. The van der Waals surface area contributed by atoms with Crippen LogP contribution in [-0.2, 0) is 23.8 Å². The third-order valence-corrected chi connectivity index (χ3v) is 9.06. The Hall–Kier alpha value is -1.10. The lowest BCUT2D eigenvalue weighted by Crippen LogP contribution is -2.50. The maximum absolute atomic E-state index is 12.0. The van der Waals surface area contributed by atoms with Crippen molar-refractivity contribution >= 4 is 11.9 Å². The molecular weight excluding hydrogens is 344 g/mol. The van der Waals surface area contributed by atoms with Gasteiger partial charge >= 0.3 is 11.9 Å². The van der Waals surface area contributed by atoms with Crippen molar-refractivity contribution in [2.24, 2.45) is 39.9 Å². The Kier molecular flexibility index (Phi) is 3.65. The summed E-state index contributed by atoms with van der Waals surface area (Å²) in [6.07, 6.45) is 6.73. The summed E-state index contributed by atoms with van der Waals surface area (Å²) in [5.41, 5.74) is 0.984. The van der Waals surface area contributed by atoms with E-state index in [0.717, 1.165) is 5.92 Å². The molecular formula is C22H32O5. The molecule has 5 nitrogen and oxygen atoms in total. The van der Waals surface area contributed by atoms with Crippen molar-refractivity contribution in [2.75, 3.05) is 0 Å². The Labute approximate surface area is 161 Å². The van der Waals surface area contributed by atoms with Crippen molar-refractivity contribution in [3.63, 3.8) is 0 Å². The first kappa shape index (κ1) is 18.0. The first-order valence-electron chi connectivity index (χ1n) is 10.7. The minimum absolute atomic E-state index is 0.0538. The van der Waals surface area contributed by atoms with Gasteiger partial charge in [0.15, 0.2) is 0 Å². The van der Waals surface area contributed by atoms with Crippen LogP contribution < -0.4 is 0 Å². The molecule has 0 aromatic rings. The van der Waals surface area contributed by atoms with Crippen LogP contribution in [0.2, 0.25) is 0 Å². The van der Waals surface area contributed by atoms with Gasteiger partial charge in [-0.25, -0.2) is 0 Å². The number of esters is 2. The number of carbonyl (C=O) groups excluding carboxylic acids is 2. The normalized spacial score (nSPS) is 52.4. The van der Waals surface area contributed by atoms with Gasteiger partial charge in [0.25, 0.3) is 0 Å². The van der Waals surface area contributed by atoms with Crippen molar-refractivity contribution in [1.29, 1.82) is 0 Å². The Bertz CT molecular complexity index is 686. The Morgan fingerprint density at radius 2 is 1.93 bits per heavy atom. The maximum Gasteiger partial charge on any atom is 0.308 e. The van der Waals surface area contributed by atoms with E-state index in [9.17, 15) is 9.59 Å². The van der Waals surface area contributed by atoms with Crippen LogP contribution in [0.1, 0.15) is 72.6 Å². The van der Waals surface area contributed by atoms with Gasteiger partial charge in [0.05, 0.1) is 6.42 Å². The van der Waals surface area contributed by atoms with Crippen molar-refractivity contribution in [1.82, 2.24) is 0 Å². The molecule has 3 aliphatic carbocycles. The minimum Gasteiger partial charge on any atom is -0.435 e. The Morgan fingerprint density at radius 1 is 1.15 bits per heavy atom. The lowest BCUT2D eigenvalue weighted by molar-refractivity contribution is -0.212. The molecule has 2 saturated heterocycles. The van der Waals surface area contributed by atoms with Gasteiger partial charge in [-0.2, -0.15) is 0 Å². The van der Waals surface area contributed by atoms with E-state index in [1.54, 1.807) is 0 Å². The average Bonchev–Trinajstić information content (AvgIpc) is 3.24. The Balaban J connectivity index is 1.45. The van der Waals surface area contributed by atoms with Crippen LogP contribution in [-0.4, -0.2) is 24.5 Å². The van der Waals surface area contributed by atoms with Crippen LogP contribution in [0.5, 0.6) is 0 Å². The van der Waals surface area contributed by atoms with E-state index >= 15 is 0 Å². The highest BCUT2D eigenvalue weighted by Crippen LogP contribution is 2.79. The van der Waals surface area contributed by atoms with Crippen LogP contribution in [0.3, 0.4) is 0 Å². The minimum atomic E-state index is -0.632. The van der Waals surface area contributed by atoms with Crippen LogP contribution in [0.15, 0.2) is 0 Å². The lowest BCUT2D eigenvalue weighted by Gasteiger charge is -2.56. The topological polar surface area (TPSA) is 61.8 Å². The van der Waals surface area contributed by atoms with Gasteiger partial charge in [0.1, 0.15) is 0 Å². The number of rotatable bonds is 2. The zero-order chi connectivity index (χ0) is 19.2. The van der Waals surface area contributed by atoms with Gasteiger partial charge in [-0.3, -0.25) is 9.59 Å². The number of ether oxygens (including phenoxy) is 3. The number of carbonyl (C=O) groups is 2. The molecule has 0 aromatic heterocycles. The van der Waals surface area contributed by atoms with Crippen molar-refractivity contribution in [2.45, 2.75) is 85.2 Å². The first-order valence-corrected chi connectivity index (χ1v) is 10.7. The van der Waals surface area contributed by atoms with Crippen molar-refractivity contribution in [3.05, 3.63) is 0 Å². The van der Waals surface area contributed by atoms with Crippen LogP contribution in [0.25, 0.3) is 0 Å². The second-order valence-corrected chi connectivity index (χ2v) is 10.8. The molecule has 0 N–H and O–H groups in total. The molecule has 0 amide bonds. The highest BCUT2D eigenvalue weighted by atomic mass is 16.8. The van der Waals surface area contributed by atoms with Gasteiger partial charge in [-0.15, -0.1) is 0 Å². The summed E-state index contributed by atoms with van der Waals surface area (Å²) in [6.45, 7) is 8.83. The highest BCUT2D eigenvalue weighted by Gasteiger charge is 2.75. The fourth-order valence-corrected chi connectivity index (χ4v) is 8.10. The molecule has 5 fully saturated rings. The summed E-state index contributed by atoms with van der Waals surface area (Å²) in [4.78, 5) is 23.6. The fourth-order valence-electron chi connectivity index (χ4n) is 8.10. The maximum atomic E-state index is 12.0. The molecule has 0 spiro atoms. The molecule has 3 saturated carbocycles. The fraction of sp³-hybridized carbons (Fsp3) is 0.909. The average molecular weight is 376 g/mol. The monoisotopic (exact) mass is 376 g/mol. The predicted octanol–water partition coefficient (Wildman–Crippen LogP) is 4.04. The summed E-state index contributed by atoms with van der Waals surface area (Å²) in [5.74, 6) is 0.994. The zero-order valence-electron chi connectivity index (χ0n) is 17.0. The third-order valence-electron chi connectivity index (χ3n) is 9.06. The molecule has 2 bridgehead atoms. The van der Waals surface area contributed by atoms with Crippen molar-refractivity contribution < 1.29 is 23.8 Å². The van der Waals surface area contributed by atoms with E-state index in [1.165, 1.54) is 45.4 Å². The van der Waals surface area contributed by atoms with E-state index < -0.39 is 12.6 Å². The predicted molar refractivity (Wildman–Crippen MR) is 97.1 cm³/mol. The molecule has 5 heteroatoms. The molecule has 5 aliphatic rings. The van der Waals surface area contributed by atoms with Crippen molar-refractivity contribution in [3.8, 4) is 0 Å². The van der Waals surface area contributed by atoms with Gasteiger partial charge < -0.3 is 14.2 Å². The first-order chi connectivity index (χ1) is 12.7. The van der Waals surface area contributed by atoms with E-state index in [2.05, 4.69) is 20.8 Å². The smallest absolute Gasteiger partial charge is 0.308 e. The number of fused-ring (bicyclic) bond motifs is 6. The number of hydrogen-bond donors (Lipinski definition) is 0. The SMILES string of the molecule is CC(=O)OC1OC2OC(=O)CC1C2C12CCC3C(C)(C)CCCC3(C)C1C2. The molecule has 2 heterocycles. The summed E-state index contributed by atoms with van der Waals surface area (Å²) in [6, 6.07) is 0. The second-order valence-electron chi connectivity index (χ2n) is 10.8. The summed E-state index contributed by atoms with van der Waals surface area (Å²) in [7, 11) is 0. The van der Waals surface area contributed by atoms with Crippen LogP contribution >= 0.6 is 0 Å². The van der Waals surface area contributed by atoms with E-state index in [4.69, 9.17) is 14.2 Å². The van der Waals surface area contributed by atoms with Gasteiger partial charge in [-0.05, 0) is 60.2 Å². The summed E-state index contributed by atoms with van der Waals surface area (Å²) >= 11 is 0. The summed E-state index contributed by atoms with van der Waals surface area (Å²) < 4.78 is 17.0. The molecule has 150 valence electrons. The quantitative estimate of drug-likeness (QED) is 0.681. The molecule has 8 atom stereocenters. The van der Waals surface area contributed by atoms with E-state index in [0.29, 0.717) is 23.2 Å². The highest BCUT2D eigenvalue weighted by molar-refractivity contribution is 5.71. The molecule has 2 aliphatic heterocycles. The third kappa shape index (κ3) is 2.39. The lowest BCUT2D eigenvalue weighted by atomic mass is 9.49. The van der Waals surface area contributed by atoms with Crippen LogP contribution in [0.4, 0.5) is 0 Å². The van der Waals surface area contributed by atoms with E-state index in [-0.39, 0.29) is 29.2 Å². The molecule has 5 rings (SSSR count). The van der Waals surface area contributed by atoms with Crippen LogP contribution in [0, 0.1) is 39.9 Å². The Morgan fingerprint density at radius 3 is 2.67 bits per heavy atom. The van der Waals surface area contributed by atoms with Gasteiger partial charge in [0.2, 0.25) is 12.6 Å². The van der Waals surface area contributed by atoms with Gasteiger partial charge in [-0.1, -0.05) is 27.2 Å². The molecule has 27 heavy (non-hydrogen) atoms. The molecule has 0 aromatic carbocycles. The largest absolute Gasteiger partial charge is 0.435 e.